The maximum atomic E-state index is 12.7. The van der Waals surface area contributed by atoms with Gasteiger partial charge in [-0.25, -0.2) is 9.97 Å². The topological polar surface area (TPSA) is 64.7 Å². The summed E-state index contributed by atoms with van der Waals surface area (Å²) >= 11 is 0. The number of alkyl halides is 3. The number of pyridine rings is 1. The van der Waals surface area contributed by atoms with Gasteiger partial charge < -0.3 is 5.73 Å². The predicted octanol–water partition coefficient (Wildman–Crippen LogP) is 2.14. The lowest BCUT2D eigenvalue weighted by Gasteiger charge is -2.10. The number of aromatic nitrogens is 3. The van der Waals surface area contributed by atoms with Gasteiger partial charge in [-0.3, -0.25) is 4.98 Å². The van der Waals surface area contributed by atoms with Crippen LogP contribution in [0.25, 0.3) is 11.4 Å². The molecule has 0 amide bonds. The van der Waals surface area contributed by atoms with E-state index in [-0.39, 0.29) is 17.2 Å². The number of anilines is 1. The summed E-state index contributed by atoms with van der Waals surface area (Å²) in [5.74, 6) is 0.0414. The molecule has 17 heavy (non-hydrogen) atoms. The molecule has 0 aliphatic carbocycles. The number of nitrogen functional groups attached to an aromatic ring is 1. The normalized spacial score (nSPS) is 11.5. The van der Waals surface area contributed by atoms with Gasteiger partial charge in [0, 0.05) is 24.2 Å². The van der Waals surface area contributed by atoms with Gasteiger partial charge >= 0.3 is 6.18 Å². The van der Waals surface area contributed by atoms with Gasteiger partial charge in [-0.05, 0) is 12.1 Å². The summed E-state index contributed by atoms with van der Waals surface area (Å²) in [7, 11) is 0. The van der Waals surface area contributed by atoms with Crippen molar-refractivity contribution in [1.82, 2.24) is 15.0 Å². The van der Waals surface area contributed by atoms with Gasteiger partial charge in [0.1, 0.15) is 5.82 Å². The standard InChI is InChI=1S/C10H7F3N4/c11-10(12,13)7-5-15-3-1-6(7)9-16-4-2-8(14)17-9/h1-5H,(H2,14,16,17). The van der Waals surface area contributed by atoms with Crippen molar-refractivity contribution in [1.29, 1.82) is 0 Å². The van der Waals surface area contributed by atoms with Crippen molar-refractivity contribution in [3.8, 4) is 11.4 Å². The van der Waals surface area contributed by atoms with Crippen molar-refractivity contribution in [3.05, 3.63) is 36.3 Å². The molecule has 2 rings (SSSR count). The highest BCUT2D eigenvalue weighted by atomic mass is 19.4. The van der Waals surface area contributed by atoms with Gasteiger partial charge in [-0.2, -0.15) is 13.2 Å². The van der Waals surface area contributed by atoms with Gasteiger partial charge in [0.2, 0.25) is 0 Å². The average molecular weight is 240 g/mol. The molecule has 2 aromatic heterocycles. The highest BCUT2D eigenvalue weighted by Crippen LogP contribution is 2.35. The summed E-state index contributed by atoms with van der Waals surface area (Å²) in [5.41, 5.74) is 4.38. The SMILES string of the molecule is Nc1ccnc(-c2ccncc2C(F)(F)F)n1. The predicted molar refractivity (Wildman–Crippen MR) is 54.7 cm³/mol. The molecule has 0 unspecified atom stereocenters. The summed E-state index contributed by atoms with van der Waals surface area (Å²) < 4.78 is 38.1. The fourth-order valence-electron chi connectivity index (χ4n) is 1.32. The molecule has 0 aliphatic rings. The molecule has 2 heterocycles. The number of hydrogen-bond acceptors (Lipinski definition) is 4. The van der Waals surface area contributed by atoms with Gasteiger partial charge in [0.05, 0.1) is 5.56 Å². The number of nitrogens with two attached hydrogens (primary N) is 1. The Morgan fingerprint density at radius 3 is 2.53 bits per heavy atom. The first-order valence-electron chi connectivity index (χ1n) is 4.58. The summed E-state index contributed by atoms with van der Waals surface area (Å²) in [6.07, 6.45) is -1.21. The van der Waals surface area contributed by atoms with E-state index in [0.29, 0.717) is 0 Å². The molecule has 0 saturated heterocycles. The Labute approximate surface area is 94.3 Å². The first kappa shape index (κ1) is 11.3. The van der Waals surface area contributed by atoms with Crippen LogP contribution in [0, 0.1) is 0 Å². The Hall–Kier alpha value is -2.18. The Morgan fingerprint density at radius 1 is 1.12 bits per heavy atom. The summed E-state index contributed by atoms with van der Waals surface area (Å²) in [4.78, 5) is 11.0. The van der Waals surface area contributed by atoms with E-state index in [4.69, 9.17) is 5.73 Å². The highest BCUT2D eigenvalue weighted by Gasteiger charge is 2.34. The molecule has 0 atom stereocenters. The zero-order valence-electron chi connectivity index (χ0n) is 8.44. The second-order valence-electron chi connectivity index (χ2n) is 3.22. The van der Waals surface area contributed by atoms with Gasteiger partial charge in [0.25, 0.3) is 0 Å². The Kier molecular flexibility index (Phi) is 2.66. The summed E-state index contributed by atoms with van der Waals surface area (Å²) in [6, 6.07) is 2.61. The molecule has 0 aromatic carbocycles. The second-order valence-corrected chi connectivity index (χ2v) is 3.22. The van der Waals surface area contributed by atoms with Gasteiger partial charge in [0.15, 0.2) is 5.82 Å². The summed E-state index contributed by atoms with van der Waals surface area (Å²) in [5, 5.41) is 0. The third-order valence-electron chi connectivity index (χ3n) is 2.04. The largest absolute Gasteiger partial charge is 0.418 e. The Morgan fingerprint density at radius 2 is 1.88 bits per heavy atom. The lowest BCUT2D eigenvalue weighted by atomic mass is 10.1. The van der Waals surface area contributed by atoms with Crippen LogP contribution in [0.1, 0.15) is 5.56 Å². The van der Waals surface area contributed by atoms with Gasteiger partial charge in [-0.1, -0.05) is 0 Å². The number of nitrogens with zero attached hydrogens (tertiary/aromatic N) is 3. The smallest absolute Gasteiger partial charge is 0.384 e. The first-order valence-corrected chi connectivity index (χ1v) is 4.58. The van der Waals surface area contributed by atoms with E-state index in [1.165, 1.54) is 24.5 Å². The highest BCUT2D eigenvalue weighted by molar-refractivity contribution is 5.61. The van der Waals surface area contributed by atoms with Crippen molar-refractivity contribution in [2.24, 2.45) is 0 Å². The number of rotatable bonds is 1. The fraction of sp³-hybridized carbons (Fsp3) is 0.100. The van der Waals surface area contributed by atoms with Crippen LogP contribution in [0.5, 0.6) is 0 Å². The summed E-state index contributed by atoms with van der Waals surface area (Å²) in [6.45, 7) is 0. The van der Waals surface area contributed by atoms with E-state index in [9.17, 15) is 13.2 Å². The lowest BCUT2D eigenvalue weighted by molar-refractivity contribution is -0.137. The third kappa shape index (κ3) is 2.32. The molecule has 2 N–H and O–H groups in total. The second kappa shape index (κ2) is 4.00. The fourth-order valence-corrected chi connectivity index (χ4v) is 1.32. The van der Waals surface area contributed by atoms with E-state index in [0.717, 1.165) is 6.20 Å². The van der Waals surface area contributed by atoms with E-state index in [2.05, 4.69) is 15.0 Å². The van der Waals surface area contributed by atoms with Crippen LogP contribution in [0.2, 0.25) is 0 Å². The van der Waals surface area contributed by atoms with E-state index in [1.807, 2.05) is 0 Å². The van der Waals surface area contributed by atoms with Crippen molar-refractivity contribution in [3.63, 3.8) is 0 Å². The molecule has 0 bridgehead atoms. The van der Waals surface area contributed by atoms with Crippen molar-refractivity contribution < 1.29 is 13.2 Å². The maximum Gasteiger partial charge on any atom is 0.418 e. The van der Waals surface area contributed by atoms with E-state index >= 15 is 0 Å². The minimum atomic E-state index is -4.50. The molecule has 7 heteroatoms. The average Bonchev–Trinajstić information content (AvgIpc) is 2.28. The maximum absolute atomic E-state index is 12.7. The van der Waals surface area contributed by atoms with Crippen LogP contribution in [-0.4, -0.2) is 15.0 Å². The number of hydrogen-bond donors (Lipinski definition) is 1. The van der Waals surface area contributed by atoms with Crippen LogP contribution in [0.3, 0.4) is 0 Å². The van der Waals surface area contributed by atoms with E-state index < -0.39 is 11.7 Å². The molecule has 2 aromatic rings. The lowest BCUT2D eigenvalue weighted by Crippen LogP contribution is -2.09. The van der Waals surface area contributed by atoms with Crippen molar-refractivity contribution >= 4 is 5.82 Å². The first-order chi connectivity index (χ1) is 7.98. The molecule has 0 aliphatic heterocycles. The molecular formula is C10H7F3N4. The molecule has 4 nitrogen and oxygen atoms in total. The number of halogens is 3. The Bertz CT molecular complexity index is 539. The molecule has 0 fully saturated rings. The zero-order valence-corrected chi connectivity index (χ0v) is 8.44. The van der Waals surface area contributed by atoms with Crippen molar-refractivity contribution in [2.45, 2.75) is 6.18 Å². The van der Waals surface area contributed by atoms with Crippen molar-refractivity contribution in [2.75, 3.05) is 5.73 Å². The molecule has 0 saturated carbocycles. The van der Waals surface area contributed by atoms with E-state index in [1.54, 1.807) is 0 Å². The molecular weight excluding hydrogens is 233 g/mol. The monoisotopic (exact) mass is 240 g/mol. The van der Waals surface area contributed by atoms with Crippen LogP contribution >= 0.6 is 0 Å². The minimum absolute atomic E-state index is 0.0697. The Balaban J connectivity index is 2.60. The van der Waals surface area contributed by atoms with Crippen LogP contribution < -0.4 is 5.73 Å². The van der Waals surface area contributed by atoms with Crippen LogP contribution in [0.4, 0.5) is 19.0 Å². The van der Waals surface area contributed by atoms with Crippen LogP contribution in [0.15, 0.2) is 30.7 Å². The van der Waals surface area contributed by atoms with Gasteiger partial charge in [-0.15, -0.1) is 0 Å². The zero-order chi connectivity index (χ0) is 12.5. The molecule has 0 radical (unpaired) electrons. The third-order valence-corrected chi connectivity index (χ3v) is 2.04. The quantitative estimate of drug-likeness (QED) is 0.829. The molecule has 0 spiro atoms. The minimum Gasteiger partial charge on any atom is -0.384 e. The molecule has 88 valence electrons. The van der Waals surface area contributed by atoms with Crippen LogP contribution in [-0.2, 0) is 6.18 Å².